The lowest BCUT2D eigenvalue weighted by Gasteiger charge is -2.09. The second-order valence-electron chi connectivity index (χ2n) is 2.33. The van der Waals surface area contributed by atoms with Crippen LogP contribution < -0.4 is 0 Å². The van der Waals surface area contributed by atoms with Gasteiger partial charge in [0.2, 0.25) is 0 Å². The van der Waals surface area contributed by atoms with Crippen molar-refractivity contribution in [2.75, 3.05) is 0 Å². The largest absolute Gasteiger partial charge is 0.408 e. The van der Waals surface area contributed by atoms with E-state index in [-0.39, 0.29) is 4.68 Å². The molecule has 0 aliphatic carbocycles. The average Bonchev–Trinajstić information content (AvgIpc) is 2.31. The van der Waals surface area contributed by atoms with Gasteiger partial charge in [-0.1, -0.05) is 0 Å². The minimum atomic E-state index is -4.53. The van der Waals surface area contributed by atoms with Crippen LogP contribution in [-0.2, 0) is 6.54 Å². The maximum Gasteiger partial charge on any atom is 0.408 e. The first-order valence-corrected chi connectivity index (χ1v) is 3.27. The smallest absolute Gasteiger partial charge is 0.255 e. The van der Waals surface area contributed by atoms with Gasteiger partial charge in [-0.3, -0.25) is 4.68 Å². The van der Waals surface area contributed by atoms with Gasteiger partial charge in [0.05, 0.1) is 0 Å². The van der Waals surface area contributed by atoms with Crippen LogP contribution >= 0.6 is 0 Å². The molecule has 0 saturated carbocycles. The van der Waals surface area contributed by atoms with Gasteiger partial charge in [0.15, 0.2) is 0 Å². The van der Waals surface area contributed by atoms with E-state index in [0.29, 0.717) is 0 Å². The maximum absolute atomic E-state index is 12.0. The van der Waals surface area contributed by atoms with Crippen LogP contribution in [-0.4, -0.2) is 16.0 Å². The summed E-state index contributed by atoms with van der Waals surface area (Å²) in [5.74, 6) is 0. The van der Waals surface area contributed by atoms with Crippen LogP contribution in [0.1, 0.15) is 12.1 Å². The Hall–Kier alpha value is -1.14. The number of rotatable bonds is 2. The summed E-state index contributed by atoms with van der Waals surface area (Å²) in [5, 5.41) is 3.14. The third kappa shape index (κ3) is 2.67. The van der Waals surface area contributed by atoms with Gasteiger partial charge < -0.3 is 0 Å². The van der Waals surface area contributed by atoms with Crippen LogP contribution in [0.4, 0.5) is 22.0 Å². The first-order valence-electron chi connectivity index (χ1n) is 3.27. The monoisotopic (exact) mass is 200 g/mol. The van der Waals surface area contributed by atoms with Crippen molar-refractivity contribution in [1.82, 2.24) is 9.78 Å². The van der Waals surface area contributed by atoms with E-state index in [9.17, 15) is 22.0 Å². The molecule has 1 aromatic heterocycles. The molecule has 0 unspecified atom stereocenters. The quantitative estimate of drug-likeness (QED) is 0.670. The Bertz CT molecular complexity index is 277. The van der Waals surface area contributed by atoms with Gasteiger partial charge in [0, 0.05) is 6.20 Å². The molecule has 1 rings (SSSR count). The van der Waals surface area contributed by atoms with Crippen LogP contribution in [0.25, 0.3) is 0 Å². The minimum Gasteiger partial charge on any atom is -0.255 e. The molecule has 1 heterocycles. The van der Waals surface area contributed by atoms with Crippen LogP contribution in [0.2, 0.25) is 0 Å². The summed E-state index contributed by atoms with van der Waals surface area (Å²) in [7, 11) is 0. The van der Waals surface area contributed by atoms with E-state index in [2.05, 4.69) is 5.10 Å². The molecule has 0 aromatic carbocycles. The van der Waals surface area contributed by atoms with Crippen molar-refractivity contribution in [2.45, 2.75) is 19.1 Å². The van der Waals surface area contributed by atoms with Gasteiger partial charge in [0.1, 0.15) is 12.2 Å². The van der Waals surface area contributed by atoms with Gasteiger partial charge in [-0.25, -0.2) is 8.78 Å². The Morgan fingerprint density at radius 3 is 2.46 bits per heavy atom. The molecule has 13 heavy (non-hydrogen) atoms. The van der Waals surface area contributed by atoms with Crippen molar-refractivity contribution in [3.63, 3.8) is 0 Å². The van der Waals surface area contributed by atoms with Gasteiger partial charge in [-0.15, -0.1) is 0 Å². The predicted octanol–water partition coefficient (Wildman–Crippen LogP) is 2.38. The van der Waals surface area contributed by atoms with Crippen molar-refractivity contribution < 1.29 is 22.0 Å². The molecule has 0 aliphatic rings. The maximum atomic E-state index is 12.0. The Labute approximate surface area is 70.0 Å². The Morgan fingerprint density at radius 1 is 1.38 bits per heavy atom. The zero-order valence-electron chi connectivity index (χ0n) is 6.22. The molecule has 0 radical (unpaired) electrons. The molecule has 0 saturated heterocycles. The van der Waals surface area contributed by atoms with Gasteiger partial charge >= 0.3 is 6.18 Å². The SMILES string of the molecule is FC(F)c1ccnn1CC(F)(F)F. The first-order chi connectivity index (χ1) is 5.90. The molecular formula is C6H5F5N2. The molecule has 0 fully saturated rings. The Balaban J connectivity index is 2.83. The zero-order valence-corrected chi connectivity index (χ0v) is 6.22. The van der Waals surface area contributed by atoms with Crippen molar-refractivity contribution in [1.29, 1.82) is 0 Å². The summed E-state index contributed by atoms with van der Waals surface area (Å²) in [6, 6.07) is 0.858. The number of hydrogen-bond donors (Lipinski definition) is 0. The van der Waals surface area contributed by atoms with Crippen molar-refractivity contribution in [3.8, 4) is 0 Å². The summed E-state index contributed by atoms with van der Waals surface area (Å²) in [4.78, 5) is 0. The zero-order chi connectivity index (χ0) is 10.1. The van der Waals surface area contributed by atoms with E-state index >= 15 is 0 Å². The summed E-state index contributed by atoms with van der Waals surface area (Å²) < 4.78 is 59.5. The molecule has 0 N–H and O–H groups in total. The van der Waals surface area contributed by atoms with E-state index in [0.717, 1.165) is 12.3 Å². The molecule has 0 atom stereocenters. The lowest BCUT2D eigenvalue weighted by atomic mass is 10.4. The molecule has 2 nitrogen and oxygen atoms in total. The molecular weight excluding hydrogens is 195 g/mol. The summed E-state index contributed by atoms with van der Waals surface area (Å²) in [6.45, 7) is -1.49. The number of aromatic nitrogens is 2. The third-order valence-electron chi connectivity index (χ3n) is 1.30. The Kier molecular flexibility index (Phi) is 2.53. The van der Waals surface area contributed by atoms with Crippen molar-refractivity contribution in [3.05, 3.63) is 18.0 Å². The fraction of sp³-hybridized carbons (Fsp3) is 0.500. The summed E-state index contributed by atoms with van der Waals surface area (Å²) >= 11 is 0. The lowest BCUT2D eigenvalue weighted by Crippen LogP contribution is -2.20. The molecule has 0 aliphatic heterocycles. The predicted molar refractivity (Wildman–Crippen MR) is 33.2 cm³/mol. The average molecular weight is 200 g/mol. The van der Waals surface area contributed by atoms with E-state index in [1.165, 1.54) is 0 Å². The van der Waals surface area contributed by atoms with Crippen LogP contribution in [0.3, 0.4) is 0 Å². The fourth-order valence-corrected chi connectivity index (χ4v) is 0.830. The molecule has 7 heteroatoms. The highest BCUT2D eigenvalue weighted by Gasteiger charge is 2.30. The van der Waals surface area contributed by atoms with Crippen molar-refractivity contribution >= 4 is 0 Å². The second-order valence-corrected chi connectivity index (χ2v) is 2.33. The lowest BCUT2D eigenvalue weighted by molar-refractivity contribution is -0.143. The van der Waals surface area contributed by atoms with Crippen molar-refractivity contribution in [2.24, 2.45) is 0 Å². The number of alkyl halides is 5. The molecule has 0 bridgehead atoms. The minimum absolute atomic E-state index is 0.241. The van der Waals surface area contributed by atoms with E-state index in [1.807, 2.05) is 0 Å². The standard InChI is InChI=1S/C6H5F5N2/c7-5(8)4-1-2-12-13(4)3-6(9,10)11/h1-2,5H,3H2. The van der Waals surface area contributed by atoms with Crippen LogP contribution in [0, 0.1) is 0 Å². The van der Waals surface area contributed by atoms with Gasteiger partial charge in [0.25, 0.3) is 6.43 Å². The Morgan fingerprint density at radius 2 is 2.00 bits per heavy atom. The third-order valence-corrected chi connectivity index (χ3v) is 1.30. The first kappa shape index (κ1) is 9.94. The summed E-state index contributed by atoms with van der Waals surface area (Å²) in [6.07, 6.45) is -6.56. The van der Waals surface area contributed by atoms with Crippen LogP contribution in [0.15, 0.2) is 12.3 Å². The molecule has 74 valence electrons. The second kappa shape index (κ2) is 3.31. The highest BCUT2D eigenvalue weighted by atomic mass is 19.4. The van der Waals surface area contributed by atoms with E-state index < -0.39 is 24.8 Å². The number of hydrogen-bond acceptors (Lipinski definition) is 1. The molecule has 1 aromatic rings. The van der Waals surface area contributed by atoms with E-state index in [4.69, 9.17) is 0 Å². The summed E-state index contributed by atoms with van der Waals surface area (Å²) in [5.41, 5.74) is -0.725. The number of nitrogens with zero attached hydrogens (tertiary/aromatic N) is 2. The van der Waals surface area contributed by atoms with E-state index in [1.54, 1.807) is 0 Å². The van der Waals surface area contributed by atoms with Gasteiger partial charge in [-0.05, 0) is 6.07 Å². The van der Waals surface area contributed by atoms with Crippen LogP contribution in [0.5, 0.6) is 0 Å². The topological polar surface area (TPSA) is 17.8 Å². The number of halogens is 5. The fourth-order valence-electron chi connectivity index (χ4n) is 0.830. The van der Waals surface area contributed by atoms with Gasteiger partial charge in [-0.2, -0.15) is 18.3 Å². The highest BCUT2D eigenvalue weighted by Crippen LogP contribution is 2.22. The highest BCUT2D eigenvalue weighted by molar-refractivity contribution is 5.01. The molecule has 0 amide bonds. The normalized spacial score (nSPS) is 12.5. The molecule has 0 spiro atoms.